The van der Waals surface area contributed by atoms with Gasteiger partial charge in [0.05, 0.1) is 17.7 Å². The lowest BCUT2D eigenvalue weighted by Gasteiger charge is -2.42. The van der Waals surface area contributed by atoms with Crippen LogP contribution in [-0.2, 0) is 4.74 Å². The summed E-state index contributed by atoms with van der Waals surface area (Å²) in [5, 5.41) is 0.604. The SMILES string of the molecule is COc1cc(C(CC2(OC)CCC2)NN)ccc1Cl. The maximum absolute atomic E-state index is 6.04. The third-order valence-electron chi connectivity index (χ3n) is 4.05. The Bertz CT molecular complexity index is 430. The molecule has 0 heterocycles. The van der Waals surface area contributed by atoms with Crippen LogP contribution >= 0.6 is 11.6 Å². The number of rotatable bonds is 6. The van der Waals surface area contributed by atoms with Gasteiger partial charge in [-0.15, -0.1) is 0 Å². The number of nitrogens with one attached hydrogen (secondary N) is 1. The minimum absolute atomic E-state index is 0.0337. The van der Waals surface area contributed by atoms with Gasteiger partial charge in [0.2, 0.25) is 0 Å². The molecule has 1 saturated carbocycles. The zero-order valence-corrected chi connectivity index (χ0v) is 12.2. The molecule has 1 aliphatic carbocycles. The van der Waals surface area contributed by atoms with Crippen molar-refractivity contribution in [1.29, 1.82) is 0 Å². The Morgan fingerprint density at radius 3 is 2.63 bits per heavy atom. The van der Waals surface area contributed by atoms with Crippen molar-refractivity contribution in [1.82, 2.24) is 5.43 Å². The monoisotopic (exact) mass is 284 g/mol. The molecule has 0 bridgehead atoms. The minimum atomic E-state index is -0.0378. The van der Waals surface area contributed by atoms with Crippen LogP contribution in [0.5, 0.6) is 5.75 Å². The van der Waals surface area contributed by atoms with Crippen molar-refractivity contribution in [2.24, 2.45) is 5.84 Å². The first-order chi connectivity index (χ1) is 9.14. The average molecular weight is 285 g/mol. The molecule has 1 aliphatic rings. The third kappa shape index (κ3) is 3.03. The lowest BCUT2D eigenvalue weighted by atomic mass is 9.75. The number of ether oxygens (including phenoxy) is 2. The van der Waals surface area contributed by atoms with Crippen molar-refractivity contribution in [3.63, 3.8) is 0 Å². The van der Waals surface area contributed by atoms with Gasteiger partial charge in [-0.25, -0.2) is 0 Å². The molecule has 0 spiro atoms. The van der Waals surface area contributed by atoms with E-state index in [2.05, 4.69) is 5.43 Å². The van der Waals surface area contributed by atoms with Crippen molar-refractivity contribution >= 4 is 11.6 Å². The van der Waals surface area contributed by atoms with Crippen LogP contribution < -0.4 is 16.0 Å². The van der Waals surface area contributed by atoms with Crippen molar-refractivity contribution < 1.29 is 9.47 Å². The topological polar surface area (TPSA) is 56.5 Å². The fourth-order valence-electron chi connectivity index (χ4n) is 2.60. The lowest BCUT2D eigenvalue weighted by molar-refractivity contribution is -0.0838. The van der Waals surface area contributed by atoms with Crippen LogP contribution in [0.2, 0.25) is 5.02 Å². The van der Waals surface area contributed by atoms with Crippen LogP contribution in [0.3, 0.4) is 0 Å². The lowest BCUT2D eigenvalue weighted by Crippen LogP contribution is -2.44. The fourth-order valence-corrected chi connectivity index (χ4v) is 2.80. The molecule has 1 aromatic rings. The first-order valence-corrected chi connectivity index (χ1v) is 6.86. The second kappa shape index (κ2) is 6.09. The number of methoxy groups -OCH3 is 2. The van der Waals surface area contributed by atoms with Crippen LogP contribution in [0.15, 0.2) is 18.2 Å². The maximum Gasteiger partial charge on any atom is 0.137 e. The first-order valence-electron chi connectivity index (χ1n) is 6.49. The normalized spacial score (nSPS) is 18.7. The van der Waals surface area contributed by atoms with E-state index in [0.717, 1.165) is 24.8 Å². The summed E-state index contributed by atoms with van der Waals surface area (Å²) in [6.45, 7) is 0. The molecule has 0 amide bonds. The zero-order chi connectivity index (χ0) is 13.9. The molecule has 0 aromatic heterocycles. The fraction of sp³-hybridized carbons (Fsp3) is 0.571. The number of hydrogen-bond donors (Lipinski definition) is 2. The smallest absolute Gasteiger partial charge is 0.137 e. The highest BCUT2D eigenvalue weighted by Crippen LogP contribution is 2.42. The summed E-state index contributed by atoms with van der Waals surface area (Å²) < 4.78 is 10.9. The molecule has 1 fully saturated rings. The minimum Gasteiger partial charge on any atom is -0.495 e. The van der Waals surface area contributed by atoms with Crippen LogP contribution in [0, 0.1) is 0 Å². The Morgan fingerprint density at radius 1 is 1.42 bits per heavy atom. The molecule has 1 unspecified atom stereocenters. The number of halogens is 1. The second-order valence-corrected chi connectivity index (χ2v) is 5.47. The van der Waals surface area contributed by atoms with Crippen LogP contribution in [0.4, 0.5) is 0 Å². The highest BCUT2D eigenvalue weighted by molar-refractivity contribution is 6.32. The van der Waals surface area contributed by atoms with Gasteiger partial charge in [0, 0.05) is 13.2 Å². The molecule has 106 valence electrons. The molecular formula is C14H21ClN2O2. The van der Waals surface area contributed by atoms with E-state index in [9.17, 15) is 0 Å². The number of hydrazine groups is 1. The largest absolute Gasteiger partial charge is 0.495 e. The van der Waals surface area contributed by atoms with E-state index in [-0.39, 0.29) is 11.6 Å². The van der Waals surface area contributed by atoms with Crippen molar-refractivity contribution in [3.8, 4) is 5.75 Å². The first kappa shape index (κ1) is 14.6. The van der Waals surface area contributed by atoms with Gasteiger partial charge in [-0.2, -0.15) is 0 Å². The van der Waals surface area contributed by atoms with E-state index in [1.54, 1.807) is 14.2 Å². The van der Waals surface area contributed by atoms with Crippen molar-refractivity contribution in [2.45, 2.75) is 37.3 Å². The third-order valence-corrected chi connectivity index (χ3v) is 4.36. The zero-order valence-electron chi connectivity index (χ0n) is 11.4. The quantitative estimate of drug-likeness (QED) is 0.623. The molecule has 1 atom stereocenters. The molecule has 3 N–H and O–H groups in total. The molecule has 0 saturated heterocycles. The Hall–Kier alpha value is -0.810. The van der Waals surface area contributed by atoms with Gasteiger partial charge in [0.15, 0.2) is 0 Å². The van der Waals surface area contributed by atoms with Gasteiger partial charge in [0.1, 0.15) is 5.75 Å². The van der Waals surface area contributed by atoms with Crippen molar-refractivity contribution in [2.75, 3.05) is 14.2 Å². The van der Waals surface area contributed by atoms with E-state index in [4.69, 9.17) is 26.9 Å². The number of benzene rings is 1. The van der Waals surface area contributed by atoms with Crippen LogP contribution in [0.25, 0.3) is 0 Å². The highest BCUT2D eigenvalue weighted by atomic mass is 35.5. The summed E-state index contributed by atoms with van der Waals surface area (Å²) in [7, 11) is 3.38. The molecular weight excluding hydrogens is 264 g/mol. The standard InChI is InChI=1S/C14H21ClN2O2/c1-18-13-8-10(4-5-11(13)15)12(17-16)9-14(19-2)6-3-7-14/h4-5,8,12,17H,3,6-7,9,16H2,1-2H3. The molecule has 5 heteroatoms. The molecule has 0 aliphatic heterocycles. The van der Waals surface area contributed by atoms with E-state index in [1.165, 1.54) is 6.42 Å². The predicted molar refractivity (Wildman–Crippen MR) is 76.3 cm³/mol. The summed E-state index contributed by atoms with van der Waals surface area (Å²) in [6.07, 6.45) is 4.25. The molecule has 19 heavy (non-hydrogen) atoms. The van der Waals surface area contributed by atoms with Gasteiger partial charge in [-0.1, -0.05) is 17.7 Å². The summed E-state index contributed by atoms with van der Waals surface area (Å²) in [5.41, 5.74) is 3.89. The van der Waals surface area contributed by atoms with E-state index in [0.29, 0.717) is 10.8 Å². The number of hydrogen-bond acceptors (Lipinski definition) is 4. The van der Waals surface area contributed by atoms with E-state index < -0.39 is 0 Å². The Balaban J connectivity index is 2.17. The maximum atomic E-state index is 6.04. The number of nitrogens with two attached hydrogens (primary N) is 1. The Labute approximate surface area is 119 Å². The van der Waals surface area contributed by atoms with Crippen molar-refractivity contribution in [3.05, 3.63) is 28.8 Å². The molecule has 1 aromatic carbocycles. The summed E-state index contributed by atoms with van der Waals surface area (Å²) >= 11 is 6.04. The van der Waals surface area contributed by atoms with Crippen LogP contribution in [-0.4, -0.2) is 19.8 Å². The second-order valence-electron chi connectivity index (χ2n) is 5.06. The predicted octanol–water partition coefficient (Wildman–Crippen LogP) is 2.81. The Morgan fingerprint density at radius 2 is 2.16 bits per heavy atom. The molecule has 2 rings (SSSR count). The molecule has 4 nitrogen and oxygen atoms in total. The van der Waals surface area contributed by atoms with E-state index >= 15 is 0 Å². The highest BCUT2D eigenvalue weighted by Gasteiger charge is 2.39. The van der Waals surface area contributed by atoms with E-state index in [1.807, 2.05) is 18.2 Å². The summed E-state index contributed by atoms with van der Waals surface area (Å²) in [4.78, 5) is 0. The van der Waals surface area contributed by atoms with Gasteiger partial charge in [-0.05, 0) is 43.4 Å². The molecule has 0 radical (unpaired) electrons. The van der Waals surface area contributed by atoms with Gasteiger partial charge in [-0.3, -0.25) is 11.3 Å². The van der Waals surface area contributed by atoms with Gasteiger partial charge in [0.25, 0.3) is 0 Å². The summed E-state index contributed by atoms with van der Waals surface area (Å²) in [5.74, 6) is 6.36. The van der Waals surface area contributed by atoms with Crippen LogP contribution in [0.1, 0.15) is 37.3 Å². The summed E-state index contributed by atoms with van der Waals surface area (Å²) in [6, 6.07) is 5.76. The average Bonchev–Trinajstić information content (AvgIpc) is 2.39. The van der Waals surface area contributed by atoms with Gasteiger partial charge < -0.3 is 9.47 Å². The Kier molecular flexibility index (Phi) is 4.68. The van der Waals surface area contributed by atoms with Gasteiger partial charge >= 0.3 is 0 Å².